The van der Waals surface area contributed by atoms with Gasteiger partial charge in [-0.05, 0) is 28.0 Å². The van der Waals surface area contributed by atoms with Crippen LogP contribution in [0.15, 0.2) is 77.3 Å². The van der Waals surface area contributed by atoms with Crippen LogP contribution in [-0.2, 0) is 20.1 Å². The van der Waals surface area contributed by atoms with E-state index in [2.05, 4.69) is 11.4 Å². The van der Waals surface area contributed by atoms with Crippen LogP contribution in [0.25, 0.3) is 10.8 Å². The van der Waals surface area contributed by atoms with E-state index in [9.17, 15) is 14.9 Å². The van der Waals surface area contributed by atoms with E-state index in [4.69, 9.17) is 16.3 Å². The van der Waals surface area contributed by atoms with E-state index < -0.39 is 23.7 Å². The first-order valence-electron chi connectivity index (χ1n) is 9.92. The highest BCUT2D eigenvalue weighted by Gasteiger charge is 2.45. The SMILES string of the molecule is COC(=O)C1C(=O)NC(SCc2cccc3ccccc23)=C(C#N)C1c1ccccc1Cl. The molecule has 0 radical (unpaired) electrons. The quantitative estimate of drug-likeness (QED) is 0.418. The van der Waals surface area contributed by atoms with E-state index in [1.54, 1.807) is 24.3 Å². The van der Waals surface area contributed by atoms with Gasteiger partial charge in [-0.25, -0.2) is 0 Å². The van der Waals surface area contributed by atoms with Crippen LogP contribution in [0.1, 0.15) is 17.0 Å². The Labute approximate surface area is 195 Å². The minimum atomic E-state index is -1.20. The number of nitrogens with zero attached hydrogens (tertiary/aromatic N) is 1. The van der Waals surface area contributed by atoms with Crippen molar-refractivity contribution in [3.8, 4) is 6.07 Å². The first kappa shape index (κ1) is 21.9. The number of esters is 1. The molecule has 3 aromatic rings. The van der Waals surface area contributed by atoms with E-state index in [0.717, 1.165) is 16.3 Å². The van der Waals surface area contributed by atoms with E-state index >= 15 is 0 Å². The second-order valence-corrected chi connectivity index (χ2v) is 8.66. The summed E-state index contributed by atoms with van der Waals surface area (Å²) in [5, 5.41) is 15.8. The van der Waals surface area contributed by atoms with Crippen molar-refractivity contribution < 1.29 is 14.3 Å². The van der Waals surface area contributed by atoms with Crippen molar-refractivity contribution in [2.24, 2.45) is 5.92 Å². The van der Waals surface area contributed by atoms with Crippen LogP contribution in [0, 0.1) is 17.2 Å². The number of benzene rings is 3. The molecular weight excluding hydrogens is 444 g/mol. The van der Waals surface area contributed by atoms with Gasteiger partial charge in [0.25, 0.3) is 0 Å². The number of fused-ring (bicyclic) bond motifs is 1. The Bertz CT molecular complexity index is 1280. The average Bonchev–Trinajstić information content (AvgIpc) is 2.82. The minimum absolute atomic E-state index is 0.290. The standard InChI is InChI=1S/C25H19ClN2O3S/c1-31-25(30)22-21(18-11-4-5-12-20(18)26)19(13-27)24(28-23(22)29)32-14-16-9-6-8-15-7-2-3-10-17(15)16/h2-12,21-22H,14H2,1H3,(H,28,29). The number of allylic oxidation sites excluding steroid dienone is 1. The minimum Gasteiger partial charge on any atom is -0.468 e. The first-order valence-corrected chi connectivity index (χ1v) is 11.3. The number of carbonyl (C=O) groups is 2. The van der Waals surface area contributed by atoms with Crippen molar-refractivity contribution in [3.05, 3.63) is 93.5 Å². The van der Waals surface area contributed by atoms with Crippen LogP contribution in [0.2, 0.25) is 5.02 Å². The van der Waals surface area contributed by atoms with Gasteiger partial charge >= 0.3 is 5.97 Å². The molecule has 3 aromatic carbocycles. The molecule has 0 saturated heterocycles. The molecule has 7 heteroatoms. The average molecular weight is 463 g/mol. The maximum Gasteiger partial charge on any atom is 0.319 e. The predicted octanol–water partition coefficient (Wildman–Crippen LogP) is 5.16. The largest absolute Gasteiger partial charge is 0.468 e. The lowest BCUT2D eigenvalue weighted by molar-refractivity contribution is -0.150. The zero-order valence-corrected chi connectivity index (χ0v) is 18.7. The first-order chi connectivity index (χ1) is 15.5. The Morgan fingerprint density at radius 3 is 2.59 bits per heavy atom. The number of thioether (sulfide) groups is 1. The molecule has 0 spiro atoms. The van der Waals surface area contributed by atoms with Crippen molar-refractivity contribution in [1.82, 2.24) is 5.32 Å². The number of hydrogen-bond acceptors (Lipinski definition) is 5. The highest BCUT2D eigenvalue weighted by atomic mass is 35.5. The van der Waals surface area contributed by atoms with Crippen LogP contribution in [0.5, 0.6) is 0 Å². The lowest BCUT2D eigenvalue weighted by Gasteiger charge is -2.31. The van der Waals surface area contributed by atoms with E-state index in [1.807, 2.05) is 42.5 Å². The molecule has 4 rings (SSSR count). The van der Waals surface area contributed by atoms with Gasteiger partial charge < -0.3 is 10.1 Å². The van der Waals surface area contributed by atoms with Crippen LogP contribution in [0.3, 0.4) is 0 Å². The number of ether oxygens (including phenoxy) is 1. The molecule has 1 N–H and O–H groups in total. The van der Waals surface area contributed by atoms with Gasteiger partial charge in [-0.15, -0.1) is 11.8 Å². The molecule has 1 heterocycles. The zero-order valence-electron chi connectivity index (χ0n) is 17.2. The molecule has 0 bridgehead atoms. The number of carbonyl (C=O) groups excluding carboxylic acids is 2. The summed E-state index contributed by atoms with van der Waals surface area (Å²) < 4.78 is 4.88. The molecule has 32 heavy (non-hydrogen) atoms. The molecule has 160 valence electrons. The van der Waals surface area contributed by atoms with Crippen LogP contribution >= 0.6 is 23.4 Å². The zero-order chi connectivity index (χ0) is 22.7. The molecular formula is C25H19ClN2O3S. The summed E-state index contributed by atoms with van der Waals surface area (Å²) in [4.78, 5) is 25.5. The third-order valence-corrected chi connectivity index (χ3v) is 6.89. The van der Waals surface area contributed by atoms with Gasteiger partial charge in [0, 0.05) is 16.7 Å². The summed E-state index contributed by atoms with van der Waals surface area (Å²) in [6.07, 6.45) is 0. The maximum atomic E-state index is 13.0. The number of hydrogen-bond donors (Lipinski definition) is 1. The van der Waals surface area contributed by atoms with Gasteiger partial charge in [0.1, 0.15) is 5.92 Å². The fraction of sp³-hybridized carbons (Fsp3) is 0.160. The maximum absolute atomic E-state index is 13.0. The van der Waals surface area contributed by atoms with E-state index in [1.165, 1.54) is 18.9 Å². The molecule has 0 aromatic heterocycles. The lowest BCUT2D eigenvalue weighted by Crippen LogP contribution is -2.44. The fourth-order valence-corrected chi connectivity index (χ4v) is 5.26. The lowest BCUT2D eigenvalue weighted by atomic mass is 9.78. The molecule has 1 aliphatic heterocycles. The number of nitriles is 1. The van der Waals surface area contributed by atoms with Gasteiger partial charge in [-0.2, -0.15) is 5.26 Å². The summed E-state index contributed by atoms with van der Waals surface area (Å²) >= 11 is 7.76. The van der Waals surface area contributed by atoms with Crippen LogP contribution in [0.4, 0.5) is 0 Å². The number of halogens is 1. The Hall–Kier alpha value is -3.27. The van der Waals surface area contributed by atoms with Gasteiger partial charge in [-0.1, -0.05) is 72.3 Å². The highest BCUT2D eigenvalue weighted by Crippen LogP contribution is 2.43. The molecule has 2 atom stereocenters. The van der Waals surface area contributed by atoms with Crippen molar-refractivity contribution in [3.63, 3.8) is 0 Å². The highest BCUT2D eigenvalue weighted by molar-refractivity contribution is 8.02. The Morgan fingerprint density at radius 1 is 1.12 bits per heavy atom. The molecule has 0 saturated carbocycles. The van der Waals surface area contributed by atoms with Gasteiger partial charge in [-0.3, -0.25) is 9.59 Å². The molecule has 5 nitrogen and oxygen atoms in total. The number of amides is 1. The van der Waals surface area contributed by atoms with Crippen LogP contribution < -0.4 is 5.32 Å². The smallest absolute Gasteiger partial charge is 0.319 e. The van der Waals surface area contributed by atoms with Gasteiger partial charge in [0.2, 0.25) is 5.91 Å². The Balaban J connectivity index is 1.76. The second kappa shape index (κ2) is 9.47. The van der Waals surface area contributed by atoms with Gasteiger partial charge in [0.15, 0.2) is 0 Å². The summed E-state index contributed by atoms with van der Waals surface area (Å²) in [6, 6.07) is 23.2. The number of nitrogens with one attached hydrogen (secondary N) is 1. The van der Waals surface area contributed by atoms with E-state index in [0.29, 0.717) is 26.9 Å². The van der Waals surface area contributed by atoms with Crippen molar-refractivity contribution in [2.45, 2.75) is 11.7 Å². The normalized spacial score (nSPS) is 18.2. The monoisotopic (exact) mass is 462 g/mol. The third kappa shape index (κ3) is 4.10. The molecule has 0 aliphatic carbocycles. The molecule has 1 amide bonds. The molecule has 1 aliphatic rings. The van der Waals surface area contributed by atoms with E-state index in [-0.39, 0.29) is 0 Å². The second-order valence-electron chi connectivity index (χ2n) is 7.27. The van der Waals surface area contributed by atoms with Crippen molar-refractivity contribution >= 4 is 46.0 Å². The predicted molar refractivity (Wildman–Crippen MR) is 126 cm³/mol. The summed E-state index contributed by atoms with van der Waals surface area (Å²) in [5.74, 6) is -2.71. The number of rotatable bonds is 5. The summed E-state index contributed by atoms with van der Waals surface area (Å²) in [7, 11) is 1.22. The molecule has 2 unspecified atom stereocenters. The third-order valence-electron chi connectivity index (χ3n) is 5.48. The topological polar surface area (TPSA) is 79.2 Å². The van der Waals surface area contributed by atoms with Gasteiger partial charge in [0.05, 0.1) is 23.8 Å². The summed E-state index contributed by atoms with van der Waals surface area (Å²) in [6.45, 7) is 0. The van der Waals surface area contributed by atoms with Crippen molar-refractivity contribution in [2.75, 3.05) is 7.11 Å². The summed E-state index contributed by atoms with van der Waals surface area (Å²) in [5.41, 5.74) is 1.91. The fourth-order valence-electron chi connectivity index (χ4n) is 3.95. The Morgan fingerprint density at radius 2 is 1.84 bits per heavy atom. The Kier molecular flexibility index (Phi) is 6.50. The van der Waals surface area contributed by atoms with Crippen LogP contribution in [-0.4, -0.2) is 19.0 Å². The number of methoxy groups -OCH3 is 1. The molecule has 0 fully saturated rings. The van der Waals surface area contributed by atoms with Crippen molar-refractivity contribution in [1.29, 1.82) is 5.26 Å².